The van der Waals surface area contributed by atoms with Crippen LogP contribution in [0.1, 0.15) is 31.7 Å². The van der Waals surface area contributed by atoms with Crippen LogP contribution >= 0.6 is 23.7 Å². The standard InChI is InChI=1S/C20H24N4O2S2.ClH/c1-2-3-8-14-22-20-23-18(17-12-7-9-13-21-17)19(27-20)24-28(25,26)15-16-10-5-4-6-11-16;/h4-7,9-13,24H,2-3,8,14-15H2,1H3,(H,22,23);1H. The van der Waals surface area contributed by atoms with Crippen molar-refractivity contribution in [2.24, 2.45) is 0 Å². The molecule has 0 spiro atoms. The van der Waals surface area contributed by atoms with Gasteiger partial charge in [0.1, 0.15) is 10.7 Å². The Morgan fingerprint density at radius 3 is 2.48 bits per heavy atom. The molecule has 0 aliphatic carbocycles. The Bertz CT molecular complexity index is 980. The molecule has 9 heteroatoms. The van der Waals surface area contributed by atoms with Crippen molar-refractivity contribution in [3.05, 3.63) is 60.3 Å². The molecule has 0 radical (unpaired) electrons. The maximum absolute atomic E-state index is 12.7. The molecule has 2 aromatic heterocycles. The number of anilines is 2. The van der Waals surface area contributed by atoms with Gasteiger partial charge in [-0.3, -0.25) is 9.71 Å². The van der Waals surface area contributed by atoms with E-state index in [1.165, 1.54) is 11.3 Å². The van der Waals surface area contributed by atoms with E-state index in [4.69, 9.17) is 0 Å². The van der Waals surface area contributed by atoms with Gasteiger partial charge in [-0.2, -0.15) is 0 Å². The first-order valence-electron chi connectivity index (χ1n) is 9.28. The molecule has 0 bridgehead atoms. The van der Waals surface area contributed by atoms with E-state index in [0.717, 1.165) is 31.4 Å². The zero-order valence-electron chi connectivity index (χ0n) is 16.2. The van der Waals surface area contributed by atoms with Gasteiger partial charge in [0.2, 0.25) is 10.0 Å². The molecule has 0 atom stereocenters. The van der Waals surface area contributed by atoms with Crippen molar-refractivity contribution in [3.63, 3.8) is 0 Å². The van der Waals surface area contributed by atoms with E-state index >= 15 is 0 Å². The first-order chi connectivity index (χ1) is 13.6. The summed E-state index contributed by atoms with van der Waals surface area (Å²) in [6.45, 7) is 2.96. The van der Waals surface area contributed by atoms with Crippen molar-refractivity contribution in [2.45, 2.75) is 31.9 Å². The number of hydrogen-bond acceptors (Lipinski definition) is 6. The van der Waals surface area contributed by atoms with Crippen LogP contribution in [0.4, 0.5) is 10.1 Å². The largest absolute Gasteiger partial charge is 0.361 e. The highest BCUT2D eigenvalue weighted by atomic mass is 35.5. The summed E-state index contributed by atoms with van der Waals surface area (Å²) in [5.41, 5.74) is 1.91. The quantitative estimate of drug-likeness (QED) is 0.414. The van der Waals surface area contributed by atoms with Gasteiger partial charge in [0, 0.05) is 12.7 Å². The number of pyridine rings is 1. The van der Waals surface area contributed by atoms with Crippen molar-refractivity contribution in [3.8, 4) is 11.4 Å². The van der Waals surface area contributed by atoms with Crippen molar-refractivity contribution in [1.29, 1.82) is 0 Å². The monoisotopic (exact) mass is 452 g/mol. The van der Waals surface area contributed by atoms with Crippen LogP contribution in [-0.2, 0) is 15.8 Å². The van der Waals surface area contributed by atoms with E-state index in [1.54, 1.807) is 18.3 Å². The highest BCUT2D eigenvalue weighted by Gasteiger charge is 2.20. The summed E-state index contributed by atoms with van der Waals surface area (Å²) in [5, 5.41) is 4.46. The molecule has 29 heavy (non-hydrogen) atoms. The molecule has 0 saturated carbocycles. The lowest BCUT2D eigenvalue weighted by Crippen LogP contribution is -2.14. The van der Waals surface area contributed by atoms with Gasteiger partial charge in [-0.1, -0.05) is 67.5 Å². The second-order valence-corrected chi connectivity index (χ2v) is 9.11. The van der Waals surface area contributed by atoms with Gasteiger partial charge in [-0.05, 0) is 24.1 Å². The van der Waals surface area contributed by atoms with Crippen molar-refractivity contribution >= 4 is 43.9 Å². The molecule has 3 aromatic rings. The third kappa shape index (κ3) is 6.99. The molecule has 1 aromatic carbocycles. The van der Waals surface area contributed by atoms with E-state index < -0.39 is 10.0 Å². The average Bonchev–Trinajstić information content (AvgIpc) is 3.08. The van der Waals surface area contributed by atoms with Gasteiger partial charge in [-0.15, -0.1) is 12.4 Å². The lowest BCUT2D eigenvalue weighted by molar-refractivity contribution is 0.600. The Morgan fingerprint density at radius 1 is 1.03 bits per heavy atom. The molecule has 2 N–H and O–H groups in total. The van der Waals surface area contributed by atoms with E-state index in [-0.39, 0.29) is 18.2 Å². The molecule has 0 aliphatic heterocycles. The molecule has 2 heterocycles. The summed E-state index contributed by atoms with van der Waals surface area (Å²) in [4.78, 5) is 8.92. The van der Waals surface area contributed by atoms with Crippen LogP contribution in [0.25, 0.3) is 11.4 Å². The number of nitrogens with zero attached hydrogens (tertiary/aromatic N) is 2. The number of thiazole rings is 1. The zero-order chi connectivity index (χ0) is 19.8. The summed E-state index contributed by atoms with van der Waals surface area (Å²) in [6.07, 6.45) is 5.00. The topological polar surface area (TPSA) is 84.0 Å². The van der Waals surface area contributed by atoms with E-state index in [9.17, 15) is 8.42 Å². The van der Waals surface area contributed by atoms with Crippen LogP contribution in [0.2, 0.25) is 0 Å². The zero-order valence-corrected chi connectivity index (χ0v) is 18.6. The smallest absolute Gasteiger partial charge is 0.237 e. The van der Waals surface area contributed by atoms with Crippen molar-refractivity contribution in [1.82, 2.24) is 9.97 Å². The first-order valence-corrected chi connectivity index (χ1v) is 11.7. The number of aromatic nitrogens is 2. The van der Waals surface area contributed by atoms with Crippen LogP contribution < -0.4 is 10.0 Å². The van der Waals surface area contributed by atoms with Crippen LogP contribution in [0.15, 0.2) is 54.7 Å². The third-order valence-electron chi connectivity index (χ3n) is 4.04. The fourth-order valence-electron chi connectivity index (χ4n) is 2.68. The predicted molar refractivity (Wildman–Crippen MR) is 123 cm³/mol. The number of rotatable bonds is 10. The maximum atomic E-state index is 12.7. The van der Waals surface area contributed by atoms with Crippen LogP contribution in [-0.4, -0.2) is 24.9 Å². The van der Waals surface area contributed by atoms with Crippen molar-refractivity contribution in [2.75, 3.05) is 16.6 Å². The van der Waals surface area contributed by atoms with Gasteiger partial charge >= 0.3 is 0 Å². The number of hydrogen-bond donors (Lipinski definition) is 2. The Labute approximate surface area is 182 Å². The third-order valence-corrected chi connectivity index (χ3v) is 6.33. The highest BCUT2D eigenvalue weighted by molar-refractivity contribution is 7.92. The SMILES string of the molecule is CCCCCNc1nc(-c2ccccn2)c(NS(=O)(=O)Cc2ccccc2)s1.Cl. The van der Waals surface area contributed by atoms with Gasteiger partial charge in [0.05, 0.1) is 11.4 Å². The van der Waals surface area contributed by atoms with E-state index in [2.05, 4.69) is 26.9 Å². The predicted octanol–water partition coefficient (Wildman–Crippen LogP) is 5.17. The maximum Gasteiger partial charge on any atom is 0.237 e. The Morgan fingerprint density at radius 2 is 1.79 bits per heavy atom. The van der Waals surface area contributed by atoms with Gasteiger partial charge in [0.15, 0.2) is 5.13 Å². The molecular weight excluding hydrogens is 428 g/mol. The highest BCUT2D eigenvalue weighted by Crippen LogP contribution is 2.36. The molecule has 0 fully saturated rings. The first kappa shape index (κ1) is 23.1. The lowest BCUT2D eigenvalue weighted by atomic mass is 10.2. The normalized spacial score (nSPS) is 10.9. The molecule has 0 aliphatic rings. The summed E-state index contributed by atoms with van der Waals surface area (Å²) in [7, 11) is -3.57. The summed E-state index contributed by atoms with van der Waals surface area (Å²) in [6, 6.07) is 14.6. The Kier molecular flexibility index (Phi) is 8.88. The molecule has 3 rings (SSSR count). The van der Waals surface area contributed by atoms with Gasteiger partial charge in [-0.25, -0.2) is 13.4 Å². The fourth-order valence-corrected chi connectivity index (χ4v) is 5.06. The second-order valence-electron chi connectivity index (χ2n) is 6.39. The number of unbranched alkanes of at least 4 members (excludes halogenated alkanes) is 2. The van der Waals surface area contributed by atoms with Crippen molar-refractivity contribution < 1.29 is 8.42 Å². The number of halogens is 1. The van der Waals surface area contributed by atoms with Crippen LogP contribution in [0.3, 0.4) is 0 Å². The molecule has 0 unspecified atom stereocenters. The number of benzene rings is 1. The summed E-state index contributed by atoms with van der Waals surface area (Å²) >= 11 is 1.30. The summed E-state index contributed by atoms with van der Waals surface area (Å²) < 4.78 is 28.1. The molecule has 156 valence electrons. The van der Waals surface area contributed by atoms with E-state index in [1.807, 2.05) is 36.4 Å². The second kappa shape index (κ2) is 11.1. The average molecular weight is 453 g/mol. The van der Waals surface area contributed by atoms with Gasteiger partial charge in [0.25, 0.3) is 0 Å². The minimum absolute atomic E-state index is 0. The molecule has 0 amide bonds. The lowest BCUT2D eigenvalue weighted by Gasteiger charge is -2.07. The number of nitrogens with one attached hydrogen (secondary N) is 2. The molecule has 6 nitrogen and oxygen atoms in total. The van der Waals surface area contributed by atoms with E-state index in [0.29, 0.717) is 21.5 Å². The molecule has 0 saturated heterocycles. The fraction of sp³-hybridized carbons (Fsp3) is 0.300. The Balaban J connectivity index is 0.00000300. The minimum Gasteiger partial charge on any atom is -0.361 e. The van der Waals surface area contributed by atoms with Crippen LogP contribution in [0.5, 0.6) is 0 Å². The minimum atomic E-state index is -3.57. The molecular formula is C20H25ClN4O2S2. The number of sulfonamides is 1. The summed E-state index contributed by atoms with van der Waals surface area (Å²) in [5.74, 6) is -0.0906. The Hall–Kier alpha value is -2.16. The van der Waals surface area contributed by atoms with Gasteiger partial charge < -0.3 is 5.32 Å². The van der Waals surface area contributed by atoms with Crippen LogP contribution in [0, 0.1) is 0 Å².